The van der Waals surface area contributed by atoms with Gasteiger partial charge < -0.3 is 4.74 Å². The molecule has 5 nitrogen and oxygen atoms in total. The van der Waals surface area contributed by atoms with E-state index in [-0.39, 0.29) is 5.69 Å². The summed E-state index contributed by atoms with van der Waals surface area (Å²) in [7, 11) is 0. The van der Waals surface area contributed by atoms with Crippen molar-refractivity contribution in [3.05, 3.63) is 44.4 Å². The summed E-state index contributed by atoms with van der Waals surface area (Å²) in [6.07, 6.45) is 0. The van der Waals surface area contributed by atoms with E-state index < -0.39 is 4.92 Å². The number of benzene rings is 1. The molecule has 0 spiro atoms. The molecule has 17 heavy (non-hydrogen) atoms. The van der Waals surface area contributed by atoms with Crippen molar-refractivity contribution in [2.45, 2.75) is 6.92 Å². The summed E-state index contributed by atoms with van der Waals surface area (Å²) in [5.74, 6) is 0.408. The lowest BCUT2D eigenvalue weighted by molar-refractivity contribution is -0.384. The minimum atomic E-state index is -0.471. The van der Waals surface area contributed by atoms with Gasteiger partial charge in [-0.15, -0.1) is 0 Å². The summed E-state index contributed by atoms with van der Waals surface area (Å²) >= 11 is 6.89. The molecule has 2 aromatic rings. The molecular weight excluding hydrogens is 264 g/mol. The van der Waals surface area contributed by atoms with Crippen LogP contribution in [0.25, 0.3) is 0 Å². The average molecular weight is 271 g/mol. The maximum Gasteiger partial charge on any atom is 0.280 e. The minimum Gasteiger partial charge on any atom is -0.430 e. The highest BCUT2D eigenvalue weighted by Crippen LogP contribution is 2.31. The van der Waals surface area contributed by atoms with Crippen molar-refractivity contribution in [2.75, 3.05) is 0 Å². The third-order valence-corrected chi connectivity index (χ3v) is 3.08. The molecule has 0 saturated heterocycles. The fourth-order valence-corrected chi connectivity index (χ4v) is 1.99. The number of hydrogen-bond donors (Lipinski definition) is 0. The van der Waals surface area contributed by atoms with Gasteiger partial charge in [-0.3, -0.25) is 10.1 Å². The van der Waals surface area contributed by atoms with Crippen LogP contribution < -0.4 is 4.74 Å². The molecule has 7 heteroatoms. The predicted octanol–water partition coefficient (Wildman–Crippen LogP) is 3.81. The Bertz CT molecular complexity index is 570. The van der Waals surface area contributed by atoms with Crippen molar-refractivity contribution in [3.63, 3.8) is 0 Å². The van der Waals surface area contributed by atoms with Crippen molar-refractivity contribution in [3.8, 4) is 10.9 Å². The van der Waals surface area contributed by atoms with E-state index in [0.717, 1.165) is 5.56 Å². The van der Waals surface area contributed by atoms with Crippen molar-refractivity contribution in [1.29, 1.82) is 0 Å². The molecule has 1 aromatic carbocycles. The van der Waals surface area contributed by atoms with Crippen molar-refractivity contribution < 1.29 is 9.66 Å². The average Bonchev–Trinajstić information content (AvgIpc) is 2.67. The number of nitro groups is 1. The molecule has 0 unspecified atom stereocenters. The summed E-state index contributed by atoms with van der Waals surface area (Å²) in [6.45, 7) is 1.80. The van der Waals surface area contributed by atoms with Gasteiger partial charge in [0.05, 0.1) is 11.0 Å². The molecule has 0 aliphatic heterocycles. The molecule has 0 amide bonds. The first-order valence-electron chi connectivity index (χ1n) is 4.60. The van der Waals surface area contributed by atoms with Gasteiger partial charge in [0, 0.05) is 11.4 Å². The van der Waals surface area contributed by atoms with E-state index in [1.807, 2.05) is 0 Å². The molecule has 0 radical (unpaired) electrons. The molecule has 0 saturated carbocycles. The van der Waals surface area contributed by atoms with Gasteiger partial charge in [0.2, 0.25) is 0 Å². The van der Waals surface area contributed by atoms with E-state index in [2.05, 4.69) is 4.98 Å². The molecule has 0 bridgehead atoms. The Morgan fingerprint density at radius 3 is 2.88 bits per heavy atom. The third kappa shape index (κ3) is 2.72. The number of nitro benzene ring substituents is 1. The summed E-state index contributed by atoms with van der Waals surface area (Å²) < 4.78 is 5.44. The number of nitrogens with zero attached hydrogens (tertiary/aromatic N) is 2. The Balaban J connectivity index is 2.31. The summed E-state index contributed by atoms with van der Waals surface area (Å²) in [5, 5.41) is 13.0. The zero-order chi connectivity index (χ0) is 12.4. The van der Waals surface area contributed by atoms with E-state index in [4.69, 9.17) is 16.3 Å². The number of halogens is 1. The molecule has 0 N–H and O–H groups in total. The zero-order valence-electron chi connectivity index (χ0n) is 8.71. The molecule has 88 valence electrons. The third-order valence-electron chi connectivity index (χ3n) is 2.03. The predicted molar refractivity (Wildman–Crippen MR) is 65.0 cm³/mol. The van der Waals surface area contributed by atoms with Crippen LogP contribution in [0.1, 0.15) is 5.56 Å². The van der Waals surface area contributed by atoms with Gasteiger partial charge in [0.1, 0.15) is 10.9 Å². The molecule has 0 aliphatic rings. The van der Waals surface area contributed by atoms with Crippen LogP contribution in [0.15, 0.2) is 23.6 Å². The summed E-state index contributed by atoms with van der Waals surface area (Å²) in [4.78, 5) is 14.1. The number of hydrogen-bond acceptors (Lipinski definition) is 5. The van der Waals surface area contributed by atoms with Gasteiger partial charge in [0.25, 0.3) is 10.9 Å². The number of thiazole rings is 1. The maximum atomic E-state index is 10.6. The topological polar surface area (TPSA) is 65.3 Å². The van der Waals surface area contributed by atoms with Gasteiger partial charge >= 0.3 is 0 Å². The van der Waals surface area contributed by atoms with E-state index in [1.165, 1.54) is 23.5 Å². The van der Waals surface area contributed by atoms with Crippen LogP contribution >= 0.6 is 22.9 Å². The lowest BCUT2D eigenvalue weighted by Gasteiger charge is -2.04. The van der Waals surface area contributed by atoms with Crippen LogP contribution in [0.4, 0.5) is 5.69 Å². The van der Waals surface area contributed by atoms with Crippen LogP contribution in [0.2, 0.25) is 5.15 Å². The largest absolute Gasteiger partial charge is 0.430 e. The first kappa shape index (κ1) is 11.8. The quantitative estimate of drug-likeness (QED) is 0.628. The van der Waals surface area contributed by atoms with E-state index >= 15 is 0 Å². The number of aromatic nitrogens is 1. The van der Waals surface area contributed by atoms with Crippen LogP contribution in [-0.4, -0.2) is 9.91 Å². The summed E-state index contributed by atoms with van der Waals surface area (Å²) in [6, 6.07) is 4.42. The highest BCUT2D eigenvalue weighted by atomic mass is 35.5. The Kier molecular flexibility index (Phi) is 3.26. The number of non-ortho nitro benzene ring substituents is 1. The fourth-order valence-electron chi connectivity index (χ4n) is 1.19. The first-order chi connectivity index (χ1) is 8.06. The van der Waals surface area contributed by atoms with E-state index in [0.29, 0.717) is 16.1 Å². The summed E-state index contributed by atoms with van der Waals surface area (Å²) in [5.41, 5.74) is 0.773. The van der Waals surface area contributed by atoms with Crippen LogP contribution in [0.3, 0.4) is 0 Å². The number of ether oxygens (including phenoxy) is 1. The molecule has 2 rings (SSSR count). The zero-order valence-corrected chi connectivity index (χ0v) is 10.3. The monoisotopic (exact) mass is 270 g/mol. The molecule has 0 fully saturated rings. The molecular formula is C10H7ClN2O3S. The van der Waals surface area contributed by atoms with Crippen LogP contribution in [-0.2, 0) is 0 Å². The van der Waals surface area contributed by atoms with E-state index in [1.54, 1.807) is 18.4 Å². The highest BCUT2D eigenvalue weighted by molar-refractivity contribution is 7.11. The van der Waals surface area contributed by atoms with Crippen LogP contribution in [0.5, 0.6) is 10.9 Å². The van der Waals surface area contributed by atoms with Gasteiger partial charge in [-0.2, -0.15) is 4.98 Å². The molecule has 1 heterocycles. The Morgan fingerprint density at radius 1 is 1.53 bits per heavy atom. The normalized spacial score (nSPS) is 10.2. The number of rotatable bonds is 3. The second-order valence-electron chi connectivity index (χ2n) is 3.25. The second kappa shape index (κ2) is 4.68. The molecule has 1 aromatic heterocycles. The molecule has 0 aliphatic carbocycles. The Hall–Kier alpha value is -1.66. The molecule has 0 atom stereocenters. The number of aryl methyl sites for hydroxylation is 1. The Labute approximate surface area is 106 Å². The maximum absolute atomic E-state index is 10.6. The lowest BCUT2D eigenvalue weighted by atomic mass is 10.2. The van der Waals surface area contributed by atoms with Crippen molar-refractivity contribution in [2.24, 2.45) is 0 Å². The lowest BCUT2D eigenvalue weighted by Crippen LogP contribution is -1.91. The smallest absolute Gasteiger partial charge is 0.280 e. The van der Waals surface area contributed by atoms with Crippen molar-refractivity contribution >= 4 is 28.6 Å². The van der Waals surface area contributed by atoms with E-state index in [9.17, 15) is 10.1 Å². The van der Waals surface area contributed by atoms with Gasteiger partial charge in [-0.05, 0) is 18.6 Å². The van der Waals surface area contributed by atoms with Gasteiger partial charge in [0.15, 0.2) is 0 Å². The van der Waals surface area contributed by atoms with Crippen molar-refractivity contribution in [1.82, 2.24) is 4.98 Å². The first-order valence-corrected chi connectivity index (χ1v) is 5.86. The minimum absolute atomic E-state index is 0.0201. The fraction of sp³-hybridized carbons (Fsp3) is 0.100. The van der Waals surface area contributed by atoms with Crippen LogP contribution in [0, 0.1) is 17.0 Å². The Morgan fingerprint density at radius 2 is 2.29 bits per heavy atom. The van der Waals surface area contributed by atoms with Gasteiger partial charge in [-0.1, -0.05) is 22.9 Å². The van der Waals surface area contributed by atoms with Gasteiger partial charge in [-0.25, -0.2) is 0 Å². The highest BCUT2D eigenvalue weighted by Gasteiger charge is 2.11. The standard InChI is InChI=1S/C10H7ClN2O3S/c1-6-2-3-7(13(14)15)4-8(6)16-10-12-9(11)5-17-10/h2-5H,1H3. The SMILES string of the molecule is Cc1ccc([N+](=O)[O-])cc1Oc1nc(Cl)cs1. The second-order valence-corrected chi connectivity index (χ2v) is 4.45.